The van der Waals surface area contributed by atoms with Crippen LogP contribution in [0.4, 0.5) is 0 Å². The summed E-state index contributed by atoms with van der Waals surface area (Å²) < 4.78 is 30.7. The molecule has 2 rings (SSSR count). The quantitative estimate of drug-likeness (QED) is 0.823. The lowest BCUT2D eigenvalue weighted by atomic mass is 10.2. The van der Waals surface area contributed by atoms with Gasteiger partial charge in [0.2, 0.25) is 5.09 Å². The van der Waals surface area contributed by atoms with E-state index in [9.17, 15) is 8.42 Å². The zero-order chi connectivity index (χ0) is 14.6. The van der Waals surface area contributed by atoms with Crippen molar-refractivity contribution < 1.29 is 12.8 Å². The van der Waals surface area contributed by atoms with Crippen molar-refractivity contribution in [2.24, 2.45) is 0 Å². The van der Waals surface area contributed by atoms with Crippen molar-refractivity contribution in [3.05, 3.63) is 40.3 Å². The van der Waals surface area contributed by atoms with Crippen LogP contribution in [0.25, 0.3) is 0 Å². The molecule has 7 heteroatoms. The van der Waals surface area contributed by atoms with E-state index in [4.69, 9.17) is 4.42 Å². The Morgan fingerprint density at radius 1 is 1.35 bits per heavy atom. The lowest BCUT2D eigenvalue weighted by Gasteiger charge is -2.14. The third kappa shape index (κ3) is 3.49. The molecule has 1 atom stereocenters. The maximum Gasteiger partial charge on any atom is 0.273 e. The first kappa shape index (κ1) is 15.2. The van der Waals surface area contributed by atoms with Gasteiger partial charge in [-0.05, 0) is 37.0 Å². The summed E-state index contributed by atoms with van der Waals surface area (Å²) in [5, 5.41) is 5.36. The predicted octanol–water partition coefficient (Wildman–Crippen LogP) is 2.49. The minimum absolute atomic E-state index is 0.0547. The van der Waals surface area contributed by atoms with Gasteiger partial charge in [-0.1, -0.05) is 13.0 Å². The highest BCUT2D eigenvalue weighted by Gasteiger charge is 2.17. The van der Waals surface area contributed by atoms with Crippen molar-refractivity contribution in [1.82, 2.24) is 10.0 Å². The molecule has 0 aliphatic carbocycles. The highest BCUT2D eigenvalue weighted by Crippen LogP contribution is 2.22. The van der Waals surface area contributed by atoms with Crippen LogP contribution < -0.4 is 10.0 Å². The van der Waals surface area contributed by atoms with Crippen molar-refractivity contribution >= 4 is 21.4 Å². The molecule has 0 aliphatic heterocycles. The van der Waals surface area contributed by atoms with Gasteiger partial charge in [0, 0.05) is 10.9 Å². The minimum atomic E-state index is -3.51. The van der Waals surface area contributed by atoms with Crippen molar-refractivity contribution in [3.8, 4) is 0 Å². The van der Waals surface area contributed by atoms with Crippen molar-refractivity contribution in [2.75, 3.05) is 7.05 Å². The second-order valence-electron chi connectivity index (χ2n) is 4.29. The van der Waals surface area contributed by atoms with Gasteiger partial charge in [-0.2, -0.15) is 0 Å². The van der Waals surface area contributed by atoms with E-state index < -0.39 is 10.0 Å². The standard InChI is InChI=1S/C13H18N2O3S2/c1-3-11(12-5-4-8-19-12)15-9-10-6-7-13(18-10)20(16,17)14-2/h4-8,11,14-15H,3,9H2,1-2H3. The number of hydrogen-bond donors (Lipinski definition) is 2. The van der Waals surface area contributed by atoms with Crippen molar-refractivity contribution in [1.29, 1.82) is 0 Å². The van der Waals surface area contributed by atoms with Crippen LogP contribution in [0, 0.1) is 0 Å². The molecule has 0 amide bonds. The van der Waals surface area contributed by atoms with Gasteiger partial charge in [0.15, 0.2) is 0 Å². The normalized spacial score (nSPS) is 13.5. The van der Waals surface area contributed by atoms with Crippen LogP contribution in [0.5, 0.6) is 0 Å². The Kier molecular flexibility index (Phi) is 4.98. The van der Waals surface area contributed by atoms with Crippen LogP contribution in [-0.2, 0) is 16.6 Å². The molecule has 2 aromatic heterocycles. The van der Waals surface area contributed by atoms with E-state index in [1.54, 1.807) is 17.4 Å². The highest BCUT2D eigenvalue weighted by atomic mass is 32.2. The number of nitrogens with one attached hydrogen (secondary N) is 2. The fourth-order valence-corrected chi connectivity index (χ4v) is 3.41. The maximum absolute atomic E-state index is 11.6. The molecule has 5 nitrogen and oxygen atoms in total. The van der Waals surface area contributed by atoms with E-state index >= 15 is 0 Å². The van der Waals surface area contributed by atoms with E-state index in [-0.39, 0.29) is 11.1 Å². The monoisotopic (exact) mass is 314 g/mol. The Hall–Kier alpha value is -1.15. The lowest BCUT2D eigenvalue weighted by Crippen LogP contribution is -2.19. The fraction of sp³-hybridized carbons (Fsp3) is 0.385. The molecule has 0 spiro atoms. The topological polar surface area (TPSA) is 71.3 Å². The van der Waals surface area contributed by atoms with Crippen LogP contribution in [0.1, 0.15) is 30.0 Å². The molecular weight excluding hydrogens is 296 g/mol. The second kappa shape index (κ2) is 6.53. The predicted molar refractivity (Wildman–Crippen MR) is 79.1 cm³/mol. The van der Waals surface area contributed by atoms with Gasteiger partial charge in [-0.15, -0.1) is 11.3 Å². The van der Waals surface area contributed by atoms with Gasteiger partial charge in [-0.3, -0.25) is 0 Å². The molecule has 0 saturated heterocycles. The lowest BCUT2D eigenvalue weighted by molar-refractivity contribution is 0.387. The average molecular weight is 314 g/mol. The molecule has 0 radical (unpaired) electrons. The van der Waals surface area contributed by atoms with E-state index in [2.05, 4.69) is 23.0 Å². The Balaban J connectivity index is 2.01. The molecule has 2 aromatic rings. The molecule has 0 aliphatic rings. The van der Waals surface area contributed by atoms with E-state index in [1.807, 2.05) is 11.4 Å². The first-order valence-electron chi connectivity index (χ1n) is 6.36. The van der Waals surface area contributed by atoms with Gasteiger partial charge >= 0.3 is 0 Å². The summed E-state index contributed by atoms with van der Waals surface area (Å²) in [7, 11) is -2.15. The Morgan fingerprint density at radius 2 is 2.15 bits per heavy atom. The molecule has 20 heavy (non-hydrogen) atoms. The first-order chi connectivity index (χ1) is 9.56. The Bertz CT molecular complexity index is 632. The van der Waals surface area contributed by atoms with E-state index in [1.165, 1.54) is 18.0 Å². The van der Waals surface area contributed by atoms with Crippen LogP contribution >= 0.6 is 11.3 Å². The Morgan fingerprint density at radius 3 is 2.75 bits per heavy atom. The molecule has 0 bridgehead atoms. The summed E-state index contributed by atoms with van der Waals surface area (Å²) in [5.41, 5.74) is 0. The molecule has 0 saturated carbocycles. The van der Waals surface area contributed by atoms with Gasteiger partial charge < -0.3 is 9.73 Å². The molecule has 2 N–H and O–H groups in total. The second-order valence-corrected chi connectivity index (χ2v) is 7.08. The van der Waals surface area contributed by atoms with Crippen LogP contribution in [0.2, 0.25) is 0 Å². The average Bonchev–Trinajstić information content (AvgIpc) is 3.10. The third-order valence-electron chi connectivity index (χ3n) is 2.99. The number of rotatable bonds is 7. The van der Waals surface area contributed by atoms with Crippen LogP contribution in [0.15, 0.2) is 39.2 Å². The summed E-state index contributed by atoms with van der Waals surface area (Å²) in [6.45, 7) is 2.60. The van der Waals surface area contributed by atoms with Crippen molar-refractivity contribution in [2.45, 2.75) is 31.0 Å². The summed E-state index contributed by atoms with van der Waals surface area (Å²) in [5.74, 6) is 0.605. The van der Waals surface area contributed by atoms with Gasteiger partial charge in [-0.25, -0.2) is 13.1 Å². The number of sulfonamides is 1. The summed E-state index contributed by atoms with van der Waals surface area (Å²) in [6, 6.07) is 7.51. The zero-order valence-corrected chi connectivity index (χ0v) is 13.1. The SMILES string of the molecule is CCC(NCc1ccc(S(=O)(=O)NC)o1)c1cccs1. The van der Waals surface area contributed by atoms with Crippen LogP contribution in [0.3, 0.4) is 0 Å². The summed E-state index contributed by atoms with van der Waals surface area (Å²) in [4.78, 5) is 1.27. The largest absolute Gasteiger partial charge is 0.447 e. The van der Waals surface area contributed by atoms with Crippen molar-refractivity contribution in [3.63, 3.8) is 0 Å². The molecule has 0 fully saturated rings. The summed E-state index contributed by atoms with van der Waals surface area (Å²) in [6.07, 6.45) is 0.961. The molecule has 110 valence electrons. The first-order valence-corrected chi connectivity index (χ1v) is 8.72. The smallest absolute Gasteiger partial charge is 0.273 e. The zero-order valence-electron chi connectivity index (χ0n) is 11.4. The third-order valence-corrected chi connectivity index (χ3v) is 5.26. The van der Waals surface area contributed by atoms with Crippen LogP contribution in [-0.4, -0.2) is 15.5 Å². The van der Waals surface area contributed by atoms with Gasteiger partial charge in [0.05, 0.1) is 6.54 Å². The number of hydrogen-bond acceptors (Lipinski definition) is 5. The number of thiophene rings is 1. The fourth-order valence-electron chi connectivity index (χ4n) is 1.86. The molecular formula is C13H18N2O3S2. The van der Waals surface area contributed by atoms with Gasteiger partial charge in [0.1, 0.15) is 5.76 Å². The van der Waals surface area contributed by atoms with E-state index in [0.29, 0.717) is 12.3 Å². The van der Waals surface area contributed by atoms with Gasteiger partial charge in [0.25, 0.3) is 10.0 Å². The van der Waals surface area contributed by atoms with E-state index in [0.717, 1.165) is 6.42 Å². The number of furan rings is 1. The maximum atomic E-state index is 11.6. The Labute approximate surface area is 123 Å². The molecule has 2 heterocycles. The highest BCUT2D eigenvalue weighted by molar-refractivity contribution is 7.89. The molecule has 0 aromatic carbocycles. The summed E-state index contributed by atoms with van der Waals surface area (Å²) >= 11 is 1.70. The molecule has 1 unspecified atom stereocenters. The minimum Gasteiger partial charge on any atom is -0.447 e.